The molecule has 0 aliphatic heterocycles. The van der Waals surface area contributed by atoms with Crippen molar-refractivity contribution < 1.29 is 28.3 Å². The van der Waals surface area contributed by atoms with E-state index in [-0.39, 0.29) is 35.6 Å². The van der Waals surface area contributed by atoms with Crippen molar-refractivity contribution in [2.45, 2.75) is 33.2 Å². The molecule has 0 saturated carbocycles. The van der Waals surface area contributed by atoms with Gasteiger partial charge in [-0.15, -0.1) is 0 Å². The number of esters is 1. The molecule has 0 bridgehead atoms. The lowest BCUT2D eigenvalue weighted by molar-refractivity contribution is -0.119. The molecular formula is C21H24N4O7. The van der Waals surface area contributed by atoms with Crippen LogP contribution in [0.15, 0.2) is 27.5 Å². The highest BCUT2D eigenvalue weighted by Gasteiger charge is 2.28. The Morgan fingerprint density at radius 2 is 1.97 bits per heavy atom. The Kier molecular flexibility index (Phi) is 6.76. The van der Waals surface area contributed by atoms with Crippen molar-refractivity contribution >= 4 is 28.7 Å². The van der Waals surface area contributed by atoms with Gasteiger partial charge in [0, 0.05) is 6.07 Å². The van der Waals surface area contributed by atoms with E-state index in [0.717, 1.165) is 0 Å². The number of carbonyl (C=O) groups is 2. The zero-order valence-corrected chi connectivity index (χ0v) is 18.4. The molecule has 170 valence electrons. The Hall–Kier alpha value is -3.89. The third kappa shape index (κ3) is 4.13. The number of hydrogen-bond acceptors (Lipinski definition) is 9. The molecule has 11 heteroatoms. The van der Waals surface area contributed by atoms with Crippen molar-refractivity contribution in [2.24, 2.45) is 0 Å². The van der Waals surface area contributed by atoms with Gasteiger partial charge in [-0.3, -0.25) is 14.2 Å². The number of carbonyl (C=O) groups excluding carboxylic acids is 2. The van der Waals surface area contributed by atoms with E-state index in [1.165, 1.54) is 18.8 Å². The van der Waals surface area contributed by atoms with E-state index in [2.05, 4.69) is 15.5 Å². The van der Waals surface area contributed by atoms with Gasteiger partial charge >= 0.3 is 5.97 Å². The predicted molar refractivity (Wildman–Crippen MR) is 114 cm³/mol. The fraction of sp³-hybridized carbons (Fsp3) is 0.381. The third-order valence-corrected chi connectivity index (χ3v) is 4.85. The molecule has 0 radical (unpaired) electrons. The molecular weight excluding hydrogens is 420 g/mol. The van der Waals surface area contributed by atoms with Crippen LogP contribution < -0.4 is 20.3 Å². The smallest absolute Gasteiger partial charge is 0.361 e. The highest BCUT2D eigenvalue weighted by molar-refractivity contribution is 6.00. The first-order chi connectivity index (χ1) is 15.4. The SMILES string of the molecule is CCOC(=O)c1noc2nc(C)n([C@H](CC)C(=O)Nc3cc(OC)ccc3OC)c(=O)c12. The maximum atomic E-state index is 13.3. The summed E-state index contributed by atoms with van der Waals surface area (Å²) >= 11 is 0. The minimum absolute atomic E-state index is 0.100. The van der Waals surface area contributed by atoms with E-state index in [0.29, 0.717) is 17.2 Å². The quantitative estimate of drug-likeness (QED) is 0.520. The van der Waals surface area contributed by atoms with E-state index >= 15 is 0 Å². The normalized spacial score (nSPS) is 11.8. The molecule has 32 heavy (non-hydrogen) atoms. The molecule has 0 aliphatic carbocycles. The molecule has 0 saturated heterocycles. The summed E-state index contributed by atoms with van der Waals surface area (Å²) in [6, 6.07) is 4.03. The van der Waals surface area contributed by atoms with Crippen LogP contribution in [0, 0.1) is 6.92 Å². The number of amides is 1. The molecule has 0 fully saturated rings. The van der Waals surface area contributed by atoms with Gasteiger partial charge in [-0.05, 0) is 32.4 Å². The summed E-state index contributed by atoms with van der Waals surface area (Å²) in [4.78, 5) is 42.9. The van der Waals surface area contributed by atoms with Gasteiger partial charge in [0.2, 0.25) is 11.6 Å². The van der Waals surface area contributed by atoms with Crippen LogP contribution in [0.2, 0.25) is 0 Å². The van der Waals surface area contributed by atoms with Gasteiger partial charge in [-0.2, -0.15) is 4.98 Å². The van der Waals surface area contributed by atoms with E-state index in [1.54, 1.807) is 39.0 Å². The molecule has 3 rings (SSSR count). The first-order valence-electron chi connectivity index (χ1n) is 9.94. The minimum atomic E-state index is -0.930. The number of aromatic nitrogens is 3. The van der Waals surface area contributed by atoms with Crippen LogP contribution in [0.1, 0.15) is 42.6 Å². The fourth-order valence-corrected chi connectivity index (χ4v) is 3.34. The molecule has 1 atom stereocenters. The average molecular weight is 444 g/mol. The van der Waals surface area contributed by atoms with Gasteiger partial charge in [-0.1, -0.05) is 12.1 Å². The van der Waals surface area contributed by atoms with Crippen LogP contribution >= 0.6 is 0 Å². The Balaban J connectivity index is 2.06. The lowest BCUT2D eigenvalue weighted by atomic mass is 10.1. The molecule has 0 unspecified atom stereocenters. The standard InChI is InChI=1S/C21H24N4O7/c1-6-14(18(26)23-13-10-12(29-4)8-9-15(13)30-5)25-11(3)22-19-16(20(25)27)17(24-32-19)21(28)31-7-2/h8-10,14H,6-7H2,1-5H3,(H,23,26)/t14-/m1/s1. The van der Waals surface area contributed by atoms with Crippen LogP contribution in [-0.4, -0.2) is 47.4 Å². The minimum Gasteiger partial charge on any atom is -0.497 e. The summed E-state index contributed by atoms with van der Waals surface area (Å²) in [5.41, 5.74) is -0.627. The molecule has 11 nitrogen and oxygen atoms in total. The lowest BCUT2D eigenvalue weighted by Gasteiger charge is -2.20. The van der Waals surface area contributed by atoms with Gasteiger partial charge in [0.1, 0.15) is 28.8 Å². The summed E-state index contributed by atoms with van der Waals surface area (Å²) in [7, 11) is 2.98. The summed E-state index contributed by atoms with van der Waals surface area (Å²) in [6.45, 7) is 5.05. The van der Waals surface area contributed by atoms with Crippen molar-refractivity contribution in [3.8, 4) is 11.5 Å². The van der Waals surface area contributed by atoms with E-state index in [4.69, 9.17) is 18.7 Å². The van der Waals surface area contributed by atoms with Crippen molar-refractivity contribution in [2.75, 3.05) is 26.1 Å². The van der Waals surface area contributed by atoms with Crippen LogP contribution in [0.25, 0.3) is 11.1 Å². The summed E-state index contributed by atoms with van der Waals surface area (Å²) < 4.78 is 21.7. The Bertz CT molecular complexity index is 1210. The average Bonchev–Trinajstić information content (AvgIpc) is 3.20. The molecule has 1 amide bonds. The Labute approximate surface area is 183 Å². The monoisotopic (exact) mass is 444 g/mol. The number of fused-ring (bicyclic) bond motifs is 1. The molecule has 1 N–H and O–H groups in total. The molecule has 2 aromatic heterocycles. The number of aryl methyl sites for hydroxylation is 1. The topological polar surface area (TPSA) is 135 Å². The number of nitrogens with zero attached hydrogens (tertiary/aromatic N) is 3. The first-order valence-corrected chi connectivity index (χ1v) is 9.94. The second-order valence-corrected chi connectivity index (χ2v) is 6.75. The lowest BCUT2D eigenvalue weighted by Crippen LogP contribution is -2.35. The van der Waals surface area contributed by atoms with Gasteiger partial charge in [-0.25, -0.2) is 4.79 Å². The second kappa shape index (κ2) is 9.50. The zero-order chi connectivity index (χ0) is 23.4. The van der Waals surface area contributed by atoms with Crippen LogP contribution in [0.4, 0.5) is 5.69 Å². The molecule has 2 heterocycles. The number of hydrogen-bond donors (Lipinski definition) is 1. The first kappa shape index (κ1) is 22.8. The molecule has 0 spiro atoms. The highest BCUT2D eigenvalue weighted by Crippen LogP contribution is 2.30. The van der Waals surface area contributed by atoms with Gasteiger partial charge in [0.05, 0.1) is 26.5 Å². The highest BCUT2D eigenvalue weighted by atomic mass is 16.5. The summed E-state index contributed by atoms with van der Waals surface area (Å²) in [6.07, 6.45) is 0.270. The van der Waals surface area contributed by atoms with Crippen molar-refractivity contribution in [1.29, 1.82) is 0 Å². The molecule has 3 aromatic rings. The zero-order valence-electron chi connectivity index (χ0n) is 18.4. The van der Waals surface area contributed by atoms with Crippen molar-refractivity contribution in [1.82, 2.24) is 14.7 Å². The van der Waals surface area contributed by atoms with Gasteiger partial charge in [0.15, 0.2) is 0 Å². The summed E-state index contributed by atoms with van der Waals surface area (Å²) in [5, 5.41) is 6.28. The summed E-state index contributed by atoms with van der Waals surface area (Å²) in [5.74, 6) is -0.100. The number of rotatable bonds is 8. The number of ether oxygens (including phenoxy) is 3. The number of anilines is 1. The number of nitrogens with one attached hydrogen (secondary N) is 1. The maximum Gasteiger partial charge on any atom is 0.361 e. The van der Waals surface area contributed by atoms with E-state index in [1.807, 2.05) is 0 Å². The number of methoxy groups -OCH3 is 2. The van der Waals surface area contributed by atoms with Crippen LogP contribution in [0.3, 0.4) is 0 Å². The van der Waals surface area contributed by atoms with Crippen molar-refractivity contribution in [3.05, 3.63) is 40.1 Å². The second-order valence-electron chi connectivity index (χ2n) is 6.75. The van der Waals surface area contributed by atoms with Crippen LogP contribution in [0.5, 0.6) is 11.5 Å². The van der Waals surface area contributed by atoms with Gasteiger partial charge in [0.25, 0.3) is 11.3 Å². The predicted octanol–water partition coefficient (Wildman–Crippen LogP) is 2.48. The fourth-order valence-electron chi connectivity index (χ4n) is 3.34. The van der Waals surface area contributed by atoms with Gasteiger partial charge < -0.3 is 24.1 Å². The Morgan fingerprint density at radius 1 is 1.22 bits per heavy atom. The molecule has 0 aliphatic rings. The maximum absolute atomic E-state index is 13.3. The van der Waals surface area contributed by atoms with E-state index < -0.39 is 23.5 Å². The Morgan fingerprint density at radius 3 is 2.59 bits per heavy atom. The van der Waals surface area contributed by atoms with Crippen molar-refractivity contribution in [3.63, 3.8) is 0 Å². The van der Waals surface area contributed by atoms with Crippen LogP contribution in [-0.2, 0) is 9.53 Å². The number of benzene rings is 1. The largest absolute Gasteiger partial charge is 0.497 e. The van der Waals surface area contributed by atoms with E-state index in [9.17, 15) is 14.4 Å². The third-order valence-electron chi connectivity index (χ3n) is 4.85. The molecule has 1 aromatic carbocycles.